The molecule has 0 unspecified atom stereocenters. The van der Waals surface area contributed by atoms with E-state index in [9.17, 15) is 18.0 Å². The van der Waals surface area contributed by atoms with E-state index < -0.39 is 12.1 Å². The molecule has 0 spiro atoms. The van der Waals surface area contributed by atoms with Gasteiger partial charge in [0.25, 0.3) is 0 Å². The Morgan fingerprint density at radius 2 is 2.07 bits per heavy atom. The zero-order chi connectivity index (χ0) is 11.5. The fourth-order valence-corrected chi connectivity index (χ4v) is 1.43. The van der Waals surface area contributed by atoms with Gasteiger partial charge in [-0.1, -0.05) is 0 Å². The molecule has 0 aromatic carbocycles. The van der Waals surface area contributed by atoms with Gasteiger partial charge in [-0.05, 0) is 0 Å². The maximum Gasteiger partial charge on any atom is 0.471 e. The maximum absolute atomic E-state index is 11.9. The van der Waals surface area contributed by atoms with Gasteiger partial charge in [-0.25, -0.2) is 0 Å². The van der Waals surface area contributed by atoms with Crippen molar-refractivity contribution in [2.75, 3.05) is 32.8 Å². The lowest BCUT2D eigenvalue weighted by atomic mass is 10.00. The molecule has 0 aromatic heterocycles. The number of likely N-dealkylation sites (tertiary alicyclic amines) is 1. The van der Waals surface area contributed by atoms with Gasteiger partial charge in [0.05, 0.1) is 6.61 Å². The Morgan fingerprint density at radius 1 is 1.47 bits per heavy atom. The zero-order valence-corrected chi connectivity index (χ0v) is 8.05. The van der Waals surface area contributed by atoms with E-state index in [1.807, 2.05) is 0 Å². The van der Waals surface area contributed by atoms with Gasteiger partial charge < -0.3 is 15.3 Å². The zero-order valence-electron chi connectivity index (χ0n) is 8.05. The Morgan fingerprint density at radius 3 is 2.53 bits per heavy atom. The summed E-state index contributed by atoms with van der Waals surface area (Å²) in [7, 11) is 0. The third-order valence-corrected chi connectivity index (χ3v) is 2.21. The van der Waals surface area contributed by atoms with Crippen molar-refractivity contribution in [3.05, 3.63) is 0 Å². The number of carbonyl (C=O) groups is 1. The highest BCUT2D eigenvalue weighted by molar-refractivity contribution is 5.82. The van der Waals surface area contributed by atoms with Crippen molar-refractivity contribution < 1.29 is 23.1 Å². The molecular weight excluding hydrogens is 213 g/mol. The Labute approximate surface area is 85.1 Å². The molecule has 7 heteroatoms. The van der Waals surface area contributed by atoms with Crippen LogP contribution >= 0.6 is 0 Å². The molecule has 0 atom stereocenters. The van der Waals surface area contributed by atoms with E-state index in [2.05, 4.69) is 5.32 Å². The molecule has 1 rings (SSSR count). The van der Waals surface area contributed by atoms with Crippen LogP contribution in [0.2, 0.25) is 0 Å². The van der Waals surface area contributed by atoms with Crippen molar-refractivity contribution >= 4 is 5.91 Å². The fourth-order valence-electron chi connectivity index (χ4n) is 1.43. The number of nitrogens with zero attached hydrogens (tertiary/aromatic N) is 1. The number of halogens is 3. The fraction of sp³-hybridized carbons (Fsp3) is 0.875. The summed E-state index contributed by atoms with van der Waals surface area (Å²) >= 11 is 0. The summed E-state index contributed by atoms with van der Waals surface area (Å²) in [4.78, 5) is 11.4. The van der Waals surface area contributed by atoms with Gasteiger partial charge in [-0.2, -0.15) is 13.2 Å². The Hall–Kier alpha value is -0.820. The van der Waals surface area contributed by atoms with Gasteiger partial charge in [0, 0.05) is 32.1 Å². The van der Waals surface area contributed by atoms with Crippen molar-refractivity contribution in [2.45, 2.75) is 6.18 Å². The summed E-state index contributed by atoms with van der Waals surface area (Å²) < 4.78 is 35.7. The second kappa shape index (κ2) is 4.80. The number of alkyl halides is 3. The molecule has 1 aliphatic rings. The van der Waals surface area contributed by atoms with E-state index >= 15 is 0 Å². The first kappa shape index (κ1) is 12.3. The number of amides is 1. The van der Waals surface area contributed by atoms with Crippen molar-refractivity contribution in [1.29, 1.82) is 0 Å². The van der Waals surface area contributed by atoms with Crippen LogP contribution in [0.3, 0.4) is 0 Å². The van der Waals surface area contributed by atoms with Gasteiger partial charge in [0.15, 0.2) is 0 Å². The number of hydrogen-bond acceptors (Lipinski definition) is 3. The van der Waals surface area contributed by atoms with Gasteiger partial charge in [0.2, 0.25) is 0 Å². The molecule has 88 valence electrons. The van der Waals surface area contributed by atoms with Crippen molar-refractivity contribution in [3.8, 4) is 0 Å². The monoisotopic (exact) mass is 226 g/mol. The van der Waals surface area contributed by atoms with Gasteiger partial charge in [-0.3, -0.25) is 4.79 Å². The largest absolute Gasteiger partial charge is 0.471 e. The second-order valence-corrected chi connectivity index (χ2v) is 3.50. The molecule has 1 amide bonds. The first-order valence-electron chi connectivity index (χ1n) is 4.63. The summed E-state index contributed by atoms with van der Waals surface area (Å²) in [6, 6.07) is 0. The summed E-state index contributed by atoms with van der Waals surface area (Å²) in [5, 5.41) is 11.3. The highest BCUT2D eigenvalue weighted by atomic mass is 19.4. The molecule has 1 saturated heterocycles. The van der Waals surface area contributed by atoms with E-state index in [-0.39, 0.29) is 25.6 Å². The first-order chi connectivity index (χ1) is 6.95. The molecule has 0 saturated carbocycles. The lowest BCUT2D eigenvalue weighted by Gasteiger charge is -2.39. The van der Waals surface area contributed by atoms with E-state index in [1.165, 1.54) is 0 Å². The highest BCUT2D eigenvalue weighted by Crippen LogP contribution is 2.24. The third kappa shape index (κ3) is 3.35. The summed E-state index contributed by atoms with van der Waals surface area (Å²) in [5.74, 6) is -1.70. The minimum atomic E-state index is -4.76. The molecule has 1 aliphatic heterocycles. The number of carbonyl (C=O) groups excluding carboxylic acids is 1. The van der Waals surface area contributed by atoms with Crippen LogP contribution in [0.5, 0.6) is 0 Å². The molecule has 15 heavy (non-hydrogen) atoms. The molecule has 2 N–H and O–H groups in total. The topological polar surface area (TPSA) is 52.6 Å². The number of aliphatic hydroxyl groups excluding tert-OH is 1. The predicted molar refractivity (Wildman–Crippen MR) is 46.1 cm³/mol. The Bertz CT molecular complexity index is 226. The minimum absolute atomic E-state index is 0.00207. The maximum atomic E-state index is 11.9. The number of nitrogens with one attached hydrogen (secondary N) is 1. The van der Waals surface area contributed by atoms with E-state index in [0.717, 1.165) is 4.90 Å². The van der Waals surface area contributed by atoms with Crippen LogP contribution < -0.4 is 5.32 Å². The molecule has 1 fully saturated rings. The van der Waals surface area contributed by atoms with Gasteiger partial charge in [0.1, 0.15) is 0 Å². The van der Waals surface area contributed by atoms with Gasteiger partial charge >= 0.3 is 12.1 Å². The second-order valence-electron chi connectivity index (χ2n) is 3.50. The Kier molecular flexibility index (Phi) is 3.92. The Balaban J connectivity index is 2.17. The first-order valence-corrected chi connectivity index (χ1v) is 4.63. The van der Waals surface area contributed by atoms with Crippen LogP contribution in [-0.4, -0.2) is 54.9 Å². The van der Waals surface area contributed by atoms with Crippen LogP contribution in [0.1, 0.15) is 0 Å². The van der Waals surface area contributed by atoms with E-state index in [0.29, 0.717) is 13.1 Å². The van der Waals surface area contributed by atoms with Crippen molar-refractivity contribution in [2.24, 2.45) is 5.92 Å². The normalized spacial score (nSPS) is 17.7. The molecule has 0 aliphatic carbocycles. The lowest BCUT2D eigenvalue weighted by Crippen LogP contribution is -2.56. The standard InChI is InChI=1S/C8H13F3N2O2/c9-8(10,11)7(15)13-4-6(5-13)3-12-1-2-14/h6,12,14H,1-5H2. The van der Waals surface area contributed by atoms with Crippen molar-refractivity contribution in [3.63, 3.8) is 0 Å². The van der Waals surface area contributed by atoms with Crippen molar-refractivity contribution in [1.82, 2.24) is 10.2 Å². The predicted octanol–water partition coefficient (Wildman–Crippen LogP) is -0.411. The number of hydrogen-bond donors (Lipinski definition) is 2. The molecule has 0 bridgehead atoms. The van der Waals surface area contributed by atoms with Crippen LogP contribution in [0.4, 0.5) is 13.2 Å². The van der Waals surface area contributed by atoms with Crippen LogP contribution in [0.15, 0.2) is 0 Å². The van der Waals surface area contributed by atoms with Crippen LogP contribution in [0, 0.1) is 5.92 Å². The summed E-state index contributed by atoms with van der Waals surface area (Å²) in [6.07, 6.45) is -4.76. The average molecular weight is 226 g/mol. The minimum Gasteiger partial charge on any atom is -0.395 e. The molecular formula is C8H13F3N2O2. The number of rotatable bonds is 4. The summed E-state index contributed by atoms with van der Waals surface area (Å²) in [5.41, 5.74) is 0. The van der Waals surface area contributed by atoms with E-state index in [1.54, 1.807) is 0 Å². The van der Waals surface area contributed by atoms with Crippen LogP contribution in [0.25, 0.3) is 0 Å². The van der Waals surface area contributed by atoms with Gasteiger partial charge in [-0.15, -0.1) is 0 Å². The van der Waals surface area contributed by atoms with E-state index in [4.69, 9.17) is 5.11 Å². The number of aliphatic hydroxyl groups is 1. The lowest BCUT2D eigenvalue weighted by molar-refractivity contribution is -0.191. The van der Waals surface area contributed by atoms with Crippen LogP contribution in [-0.2, 0) is 4.79 Å². The third-order valence-electron chi connectivity index (χ3n) is 2.21. The quantitative estimate of drug-likeness (QED) is 0.641. The highest BCUT2D eigenvalue weighted by Gasteiger charge is 2.46. The molecule has 0 aromatic rings. The molecule has 1 heterocycles. The average Bonchev–Trinajstić information content (AvgIpc) is 2.06. The SMILES string of the molecule is O=C(N1CC(CNCCO)C1)C(F)(F)F. The molecule has 4 nitrogen and oxygen atoms in total. The summed E-state index contributed by atoms with van der Waals surface area (Å²) in [6.45, 7) is 1.22. The molecule has 0 radical (unpaired) electrons. The smallest absolute Gasteiger partial charge is 0.395 e.